The molecule has 0 saturated heterocycles. The van der Waals surface area contributed by atoms with Gasteiger partial charge < -0.3 is 15.4 Å². The van der Waals surface area contributed by atoms with Crippen molar-refractivity contribution in [2.24, 2.45) is 0 Å². The molecule has 0 atom stereocenters. The number of amides is 2. The van der Waals surface area contributed by atoms with Crippen molar-refractivity contribution in [2.75, 3.05) is 25.6 Å². The molecular weight excluding hydrogens is 292 g/mol. The van der Waals surface area contributed by atoms with Gasteiger partial charge in [-0.2, -0.15) is 0 Å². The van der Waals surface area contributed by atoms with E-state index >= 15 is 0 Å². The molecule has 0 radical (unpaired) electrons. The fourth-order valence-electron chi connectivity index (χ4n) is 1.58. The van der Waals surface area contributed by atoms with E-state index in [1.807, 2.05) is 32.0 Å². The molecule has 0 saturated carbocycles. The fraction of sp³-hybridized carbons (Fsp3) is 0.467. The van der Waals surface area contributed by atoms with Gasteiger partial charge in [-0.05, 0) is 37.1 Å². The summed E-state index contributed by atoms with van der Waals surface area (Å²) in [5.41, 5.74) is 2.30. The number of rotatable bonds is 8. The number of aryl methyl sites for hydroxylation is 2. The zero-order chi connectivity index (χ0) is 15.7. The number of halogens is 1. The molecule has 2 amide bonds. The van der Waals surface area contributed by atoms with E-state index in [2.05, 4.69) is 10.6 Å². The molecule has 0 aliphatic rings. The van der Waals surface area contributed by atoms with Gasteiger partial charge in [0.2, 0.25) is 5.91 Å². The number of nitrogens with one attached hydrogen (secondary N) is 2. The largest absolute Gasteiger partial charge is 0.484 e. The van der Waals surface area contributed by atoms with Crippen molar-refractivity contribution in [3.8, 4) is 5.75 Å². The summed E-state index contributed by atoms with van der Waals surface area (Å²) in [6, 6.07) is 5.69. The Morgan fingerprint density at radius 2 is 1.76 bits per heavy atom. The first-order valence-electron chi connectivity index (χ1n) is 6.82. The molecule has 5 nitrogen and oxygen atoms in total. The predicted molar refractivity (Wildman–Crippen MR) is 82.8 cm³/mol. The third kappa shape index (κ3) is 6.99. The van der Waals surface area contributed by atoms with Crippen LogP contribution in [-0.2, 0) is 9.59 Å². The first kappa shape index (κ1) is 17.3. The summed E-state index contributed by atoms with van der Waals surface area (Å²) < 4.78 is 5.40. The molecule has 0 bridgehead atoms. The van der Waals surface area contributed by atoms with E-state index in [-0.39, 0.29) is 24.8 Å². The lowest BCUT2D eigenvalue weighted by Crippen LogP contribution is -2.36. The Hall–Kier alpha value is -1.75. The molecular formula is C15H21ClN2O3. The highest BCUT2D eigenvalue weighted by Crippen LogP contribution is 2.16. The van der Waals surface area contributed by atoms with Gasteiger partial charge >= 0.3 is 0 Å². The van der Waals surface area contributed by atoms with Gasteiger partial charge in [-0.3, -0.25) is 9.59 Å². The summed E-state index contributed by atoms with van der Waals surface area (Å²) in [5.74, 6) is 0.622. The standard InChI is InChI=1S/C15H21ClN2O3/c1-11-3-4-13(9-12(11)2)21-10-15(20)18-8-7-17-14(19)5-6-16/h3-4,9H,5-8,10H2,1-2H3,(H,17,19)(H,18,20). The van der Waals surface area contributed by atoms with Gasteiger partial charge in [-0.15, -0.1) is 11.6 Å². The molecule has 0 aromatic heterocycles. The highest BCUT2D eigenvalue weighted by Gasteiger charge is 2.04. The van der Waals surface area contributed by atoms with Gasteiger partial charge in [0, 0.05) is 25.4 Å². The summed E-state index contributed by atoms with van der Waals surface area (Å²) in [4.78, 5) is 22.7. The van der Waals surface area contributed by atoms with E-state index in [1.165, 1.54) is 5.56 Å². The second-order valence-corrected chi connectivity index (χ2v) is 5.05. The molecule has 0 unspecified atom stereocenters. The molecule has 116 valence electrons. The Balaban J connectivity index is 2.19. The minimum atomic E-state index is -0.222. The van der Waals surface area contributed by atoms with Crippen LogP contribution in [0.3, 0.4) is 0 Å². The smallest absolute Gasteiger partial charge is 0.258 e. The Morgan fingerprint density at radius 1 is 1.10 bits per heavy atom. The quantitative estimate of drug-likeness (QED) is 0.565. The number of carbonyl (C=O) groups is 2. The van der Waals surface area contributed by atoms with Crippen molar-refractivity contribution in [1.29, 1.82) is 0 Å². The third-order valence-electron chi connectivity index (χ3n) is 2.94. The molecule has 0 heterocycles. The van der Waals surface area contributed by atoms with Crippen LogP contribution in [0.1, 0.15) is 17.5 Å². The van der Waals surface area contributed by atoms with Crippen LogP contribution in [0.25, 0.3) is 0 Å². The van der Waals surface area contributed by atoms with Crippen LogP contribution in [-0.4, -0.2) is 37.4 Å². The van der Waals surface area contributed by atoms with Crippen molar-refractivity contribution in [1.82, 2.24) is 10.6 Å². The maximum absolute atomic E-state index is 11.6. The highest BCUT2D eigenvalue weighted by atomic mass is 35.5. The Bertz CT molecular complexity index is 492. The van der Waals surface area contributed by atoms with Crippen LogP contribution in [0, 0.1) is 13.8 Å². The minimum absolute atomic E-state index is 0.0435. The maximum Gasteiger partial charge on any atom is 0.258 e. The second kappa shape index (κ2) is 9.23. The number of alkyl halides is 1. The zero-order valence-corrected chi connectivity index (χ0v) is 13.1. The zero-order valence-electron chi connectivity index (χ0n) is 12.4. The van der Waals surface area contributed by atoms with Crippen LogP contribution < -0.4 is 15.4 Å². The second-order valence-electron chi connectivity index (χ2n) is 4.67. The first-order valence-corrected chi connectivity index (χ1v) is 7.36. The van der Waals surface area contributed by atoms with E-state index in [9.17, 15) is 9.59 Å². The Morgan fingerprint density at radius 3 is 2.38 bits per heavy atom. The van der Waals surface area contributed by atoms with Crippen molar-refractivity contribution < 1.29 is 14.3 Å². The summed E-state index contributed by atoms with van der Waals surface area (Å²) in [5, 5.41) is 5.31. The molecule has 0 fully saturated rings. The highest BCUT2D eigenvalue weighted by molar-refractivity contribution is 6.18. The van der Waals surface area contributed by atoms with Gasteiger partial charge in [0.25, 0.3) is 5.91 Å². The van der Waals surface area contributed by atoms with E-state index in [0.29, 0.717) is 24.7 Å². The molecule has 0 spiro atoms. The molecule has 1 aromatic carbocycles. The number of hydrogen-bond acceptors (Lipinski definition) is 3. The lowest BCUT2D eigenvalue weighted by atomic mass is 10.1. The molecule has 21 heavy (non-hydrogen) atoms. The normalized spacial score (nSPS) is 10.0. The molecule has 0 aliphatic heterocycles. The molecule has 2 N–H and O–H groups in total. The first-order chi connectivity index (χ1) is 10.0. The Kier molecular flexibility index (Phi) is 7.61. The van der Waals surface area contributed by atoms with Crippen LogP contribution in [0.5, 0.6) is 5.75 Å². The average Bonchev–Trinajstić information content (AvgIpc) is 2.45. The molecule has 1 rings (SSSR count). The molecule has 6 heteroatoms. The van der Waals surface area contributed by atoms with Crippen LogP contribution in [0.2, 0.25) is 0 Å². The summed E-state index contributed by atoms with van der Waals surface area (Å²) in [6.07, 6.45) is 0.283. The summed E-state index contributed by atoms with van der Waals surface area (Å²) >= 11 is 5.43. The van der Waals surface area contributed by atoms with Gasteiger partial charge in [-0.1, -0.05) is 6.07 Å². The Labute approximate surface area is 130 Å². The van der Waals surface area contributed by atoms with Crippen molar-refractivity contribution in [3.63, 3.8) is 0 Å². The van der Waals surface area contributed by atoms with Gasteiger partial charge in [0.1, 0.15) is 5.75 Å². The summed E-state index contributed by atoms with van der Waals surface area (Å²) in [6.45, 7) is 4.71. The maximum atomic E-state index is 11.6. The predicted octanol–water partition coefficient (Wildman–Crippen LogP) is 1.54. The SMILES string of the molecule is Cc1ccc(OCC(=O)NCCNC(=O)CCCl)cc1C. The van der Waals surface area contributed by atoms with Crippen molar-refractivity contribution in [2.45, 2.75) is 20.3 Å². The molecule has 1 aromatic rings. The summed E-state index contributed by atoms with van der Waals surface area (Å²) in [7, 11) is 0. The number of ether oxygens (including phenoxy) is 1. The van der Waals surface area contributed by atoms with E-state index in [4.69, 9.17) is 16.3 Å². The van der Waals surface area contributed by atoms with Crippen LogP contribution in [0.15, 0.2) is 18.2 Å². The van der Waals surface area contributed by atoms with Gasteiger partial charge in [-0.25, -0.2) is 0 Å². The molecule has 0 aliphatic carbocycles. The van der Waals surface area contributed by atoms with E-state index < -0.39 is 0 Å². The van der Waals surface area contributed by atoms with E-state index in [0.717, 1.165) is 5.56 Å². The lowest BCUT2D eigenvalue weighted by Gasteiger charge is -2.09. The van der Waals surface area contributed by atoms with E-state index in [1.54, 1.807) is 0 Å². The fourth-order valence-corrected chi connectivity index (χ4v) is 1.75. The van der Waals surface area contributed by atoms with Crippen LogP contribution in [0.4, 0.5) is 0 Å². The average molecular weight is 313 g/mol. The monoisotopic (exact) mass is 312 g/mol. The van der Waals surface area contributed by atoms with Gasteiger partial charge in [0.05, 0.1) is 0 Å². The third-order valence-corrected chi connectivity index (χ3v) is 3.13. The number of benzene rings is 1. The topological polar surface area (TPSA) is 67.4 Å². The number of carbonyl (C=O) groups excluding carboxylic acids is 2. The van der Waals surface area contributed by atoms with Crippen LogP contribution >= 0.6 is 11.6 Å². The lowest BCUT2D eigenvalue weighted by molar-refractivity contribution is -0.124. The van der Waals surface area contributed by atoms with Gasteiger partial charge in [0.15, 0.2) is 6.61 Å². The van der Waals surface area contributed by atoms with Crippen molar-refractivity contribution >= 4 is 23.4 Å². The van der Waals surface area contributed by atoms with Crippen molar-refractivity contribution in [3.05, 3.63) is 29.3 Å². The number of hydrogen-bond donors (Lipinski definition) is 2. The minimum Gasteiger partial charge on any atom is -0.484 e.